The lowest BCUT2D eigenvalue weighted by molar-refractivity contribution is -0.0486. The third-order valence-electron chi connectivity index (χ3n) is 4.22. The Labute approximate surface area is 133 Å². The van der Waals surface area contributed by atoms with Crippen molar-refractivity contribution >= 4 is 23.4 Å². The lowest BCUT2D eigenvalue weighted by Crippen LogP contribution is -2.31. The van der Waals surface area contributed by atoms with Gasteiger partial charge in [-0.25, -0.2) is 13.8 Å². The van der Waals surface area contributed by atoms with Crippen molar-refractivity contribution in [2.75, 3.05) is 0 Å². The van der Waals surface area contributed by atoms with Crippen molar-refractivity contribution in [3.63, 3.8) is 0 Å². The summed E-state index contributed by atoms with van der Waals surface area (Å²) in [7, 11) is 0. The Morgan fingerprint density at radius 3 is 2.68 bits per heavy atom. The molecule has 0 aliphatic heterocycles. The van der Waals surface area contributed by atoms with Crippen molar-refractivity contribution in [1.29, 1.82) is 5.26 Å². The molecular formula is C15H17ClF2N4. The highest BCUT2D eigenvalue weighted by Crippen LogP contribution is 2.40. The van der Waals surface area contributed by atoms with Crippen LogP contribution in [0, 0.1) is 17.2 Å². The summed E-state index contributed by atoms with van der Waals surface area (Å²) < 4.78 is 26.4. The molecule has 1 aliphatic rings. The van der Waals surface area contributed by atoms with Crippen molar-refractivity contribution in [3.8, 4) is 6.07 Å². The summed E-state index contributed by atoms with van der Waals surface area (Å²) in [5, 5.41) is 8.88. The van der Waals surface area contributed by atoms with Gasteiger partial charge < -0.3 is 10.7 Å². The third-order valence-corrected chi connectivity index (χ3v) is 4.22. The first-order chi connectivity index (χ1) is 9.98. The summed E-state index contributed by atoms with van der Waals surface area (Å²) in [6, 6.07) is 6.87. The van der Waals surface area contributed by atoms with Crippen LogP contribution >= 0.6 is 12.4 Å². The molecule has 0 spiro atoms. The molecule has 1 saturated carbocycles. The Bertz CT molecular complexity index is 697. The Kier molecular flexibility index (Phi) is 4.69. The molecule has 0 amide bonds. The number of aromatic amines is 1. The first-order valence-corrected chi connectivity index (χ1v) is 7.02. The molecule has 0 radical (unpaired) electrons. The number of nitrogens with zero attached hydrogens (tertiary/aromatic N) is 2. The number of nitrogens with one attached hydrogen (secondary N) is 1. The highest BCUT2D eigenvalue weighted by atomic mass is 35.5. The lowest BCUT2D eigenvalue weighted by Gasteiger charge is -2.31. The van der Waals surface area contributed by atoms with E-state index in [1.165, 1.54) is 0 Å². The molecule has 0 bridgehead atoms. The summed E-state index contributed by atoms with van der Waals surface area (Å²) in [5.74, 6) is -1.93. The zero-order valence-corrected chi connectivity index (χ0v) is 12.7. The molecule has 0 saturated heterocycles. The number of nitrogens with two attached hydrogens (primary N) is 1. The number of rotatable bonds is 2. The van der Waals surface area contributed by atoms with Crippen LogP contribution in [0.5, 0.6) is 0 Å². The molecule has 7 heteroatoms. The van der Waals surface area contributed by atoms with Gasteiger partial charge in [0.2, 0.25) is 5.92 Å². The molecule has 22 heavy (non-hydrogen) atoms. The van der Waals surface area contributed by atoms with E-state index in [0.717, 1.165) is 5.52 Å². The van der Waals surface area contributed by atoms with Gasteiger partial charge in [-0.15, -0.1) is 12.4 Å². The smallest absolute Gasteiger partial charge is 0.248 e. The molecule has 1 fully saturated rings. The van der Waals surface area contributed by atoms with Gasteiger partial charge in [-0.2, -0.15) is 5.26 Å². The Morgan fingerprint density at radius 1 is 1.36 bits per heavy atom. The molecular weight excluding hydrogens is 310 g/mol. The van der Waals surface area contributed by atoms with E-state index in [-0.39, 0.29) is 37.2 Å². The van der Waals surface area contributed by atoms with Crippen LogP contribution < -0.4 is 5.73 Å². The number of nitriles is 1. The number of benzene rings is 1. The second-order valence-corrected chi connectivity index (χ2v) is 5.68. The summed E-state index contributed by atoms with van der Waals surface area (Å²) >= 11 is 0. The third kappa shape index (κ3) is 3.21. The highest BCUT2D eigenvalue weighted by molar-refractivity contribution is 5.85. The van der Waals surface area contributed by atoms with Crippen LogP contribution in [0.15, 0.2) is 18.2 Å². The van der Waals surface area contributed by atoms with E-state index in [9.17, 15) is 8.78 Å². The SMILES string of the molecule is Cl.N#Cc1ccc2[nH]c(C(N)C3CCC(F)(F)CC3)nc2c1. The zero-order valence-electron chi connectivity index (χ0n) is 11.9. The first-order valence-electron chi connectivity index (χ1n) is 7.02. The van der Waals surface area contributed by atoms with Gasteiger partial charge >= 0.3 is 0 Å². The average molecular weight is 327 g/mol. The van der Waals surface area contributed by atoms with E-state index in [1.54, 1.807) is 18.2 Å². The molecule has 1 aliphatic carbocycles. The summed E-state index contributed by atoms with van der Waals surface area (Å²) in [6.07, 6.45) is 0.609. The predicted octanol–water partition coefficient (Wildman–Crippen LogP) is 3.68. The van der Waals surface area contributed by atoms with Gasteiger partial charge in [0, 0.05) is 12.8 Å². The Hall–Kier alpha value is -1.71. The topological polar surface area (TPSA) is 78.5 Å². The summed E-state index contributed by atoms with van der Waals surface area (Å²) in [6.45, 7) is 0. The fourth-order valence-electron chi connectivity index (χ4n) is 2.90. The minimum absolute atomic E-state index is 0. The maximum absolute atomic E-state index is 13.2. The van der Waals surface area contributed by atoms with Crippen molar-refractivity contribution in [3.05, 3.63) is 29.6 Å². The van der Waals surface area contributed by atoms with Gasteiger partial charge in [-0.1, -0.05) is 0 Å². The van der Waals surface area contributed by atoms with Crippen LogP contribution in [0.2, 0.25) is 0 Å². The van der Waals surface area contributed by atoms with Gasteiger partial charge in [0.25, 0.3) is 0 Å². The van der Waals surface area contributed by atoms with Gasteiger partial charge in [0.1, 0.15) is 5.82 Å². The number of H-pyrrole nitrogens is 1. The molecule has 1 atom stereocenters. The van der Waals surface area contributed by atoms with Gasteiger partial charge in [0.15, 0.2) is 0 Å². The lowest BCUT2D eigenvalue weighted by atomic mass is 9.82. The standard InChI is InChI=1S/C15H16F2N4.ClH/c16-15(17)5-3-10(4-6-15)13(19)14-20-11-2-1-9(8-18)7-12(11)21-14;/h1-2,7,10,13H,3-6,19H2,(H,20,21);1H. The minimum Gasteiger partial charge on any atom is -0.341 e. The molecule has 4 nitrogen and oxygen atoms in total. The summed E-state index contributed by atoms with van der Waals surface area (Å²) in [4.78, 5) is 7.55. The van der Waals surface area contributed by atoms with E-state index in [0.29, 0.717) is 29.7 Å². The van der Waals surface area contributed by atoms with E-state index in [2.05, 4.69) is 16.0 Å². The number of halogens is 3. The molecule has 3 rings (SSSR count). The highest BCUT2D eigenvalue weighted by Gasteiger charge is 2.37. The fourth-order valence-corrected chi connectivity index (χ4v) is 2.90. The number of fused-ring (bicyclic) bond motifs is 1. The fraction of sp³-hybridized carbons (Fsp3) is 0.467. The second-order valence-electron chi connectivity index (χ2n) is 5.68. The van der Waals surface area contributed by atoms with Crippen molar-refractivity contribution in [1.82, 2.24) is 9.97 Å². The van der Waals surface area contributed by atoms with E-state index >= 15 is 0 Å². The molecule has 3 N–H and O–H groups in total. The maximum Gasteiger partial charge on any atom is 0.248 e. The molecule has 1 heterocycles. The molecule has 1 unspecified atom stereocenters. The molecule has 2 aromatic rings. The number of alkyl halides is 2. The van der Waals surface area contributed by atoms with Gasteiger partial charge in [-0.05, 0) is 37.0 Å². The van der Waals surface area contributed by atoms with Crippen LogP contribution in [-0.4, -0.2) is 15.9 Å². The largest absolute Gasteiger partial charge is 0.341 e. The van der Waals surface area contributed by atoms with Crippen LogP contribution in [0.4, 0.5) is 8.78 Å². The van der Waals surface area contributed by atoms with Crippen LogP contribution in [-0.2, 0) is 0 Å². The van der Waals surface area contributed by atoms with Gasteiger partial charge in [0.05, 0.1) is 28.7 Å². The molecule has 1 aromatic carbocycles. The van der Waals surface area contributed by atoms with Crippen LogP contribution in [0.3, 0.4) is 0 Å². The zero-order chi connectivity index (χ0) is 15.0. The number of hydrogen-bond acceptors (Lipinski definition) is 3. The van der Waals surface area contributed by atoms with E-state index in [4.69, 9.17) is 11.0 Å². The normalized spacial score (nSPS) is 19.4. The Morgan fingerprint density at radius 2 is 2.05 bits per heavy atom. The van der Waals surface area contributed by atoms with Crippen LogP contribution in [0.1, 0.15) is 43.1 Å². The number of hydrogen-bond donors (Lipinski definition) is 2. The number of imidazole rings is 1. The maximum atomic E-state index is 13.2. The Balaban J connectivity index is 0.00000176. The minimum atomic E-state index is -2.55. The quantitative estimate of drug-likeness (QED) is 0.883. The van der Waals surface area contributed by atoms with Crippen molar-refractivity contribution in [2.24, 2.45) is 11.7 Å². The van der Waals surface area contributed by atoms with E-state index in [1.807, 2.05) is 0 Å². The molecule has 1 aromatic heterocycles. The van der Waals surface area contributed by atoms with Crippen LogP contribution in [0.25, 0.3) is 11.0 Å². The predicted molar refractivity (Wildman–Crippen MR) is 81.9 cm³/mol. The summed E-state index contributed by atoms with van der Waals surface area (Å²) in [5.41, 5.74) is 8.21. The second kappa shape index (κ2) is 6.19. The monoisotopic (exact) mass is 326 g/mol. The first kappa shape index (κ1) is 16.7. The van der Waals surface area contributed by atoms with Crippen molar-refractivity contribution < 1.29 is 8.78 Å². The average Bonchev–Trinajstić information content (AvgIpc) is 2.89. The molecule has 118 valence electrons. The van der Waals surface area contributed by atoms with E-state index < -0.39 is 5.92 Å². The van der Waals surface area contributed by atoms with Gasteiger partial charge in [-0.3, -0.25) is 0 Å². The van der Waals surface area contributed by atoms with Crippen molar-refractivity contribution in [2.45, 2.75) is 37.6 Å². The number of aromatic nitrogens is 2.